The maximum atomic E-state index is 12.8. The number of piperidine rings is 1. The van der Waals surface area contributed by atoms with Gasteiger partial charge in [0.05, 0.1) is 0 Å². The average molecular weight is 455 g/mol. The third kappa shape index (κ3) is 5.32. The molecule has 1 aromatic heterocycles. The summed E-state index contributed by atoms with van der Waals surface area (Å²) >= 11 is 7.28. The first-order valence-electron chi connectivity index (χ1n) is 10.2. The maximum Gasteiger partial charge on any atom is 0.273 e. The van der Waals surface area contributed by atoms with Crippen molar-refractivity contribution in [3.63, 3.8) is 0 Å². The van der Waals surface area contributed by atoms with Crippen molar-refractivity contribution in [2.75, 3.05) is 13.1 Å². The van der Waals surface area contributed by atoms with E-state index in [0.29, 0.717) is 49.0 Å². The van der Waals surface area contributed by atoms with Gasteiger partial charge in [0.15, 0.2) is 5.78 Å². The zero-order valence-corrected chi connectivity index (χ0v) is 18.8. The number of Topliss-reactive ketones (excluding diaryl/α,β-unsaturated/α-hetero) is 1. The van der Waals surface area contributed by atoms with E-state index in [2.05, 4.69) is 4.98 Å². The fourth-order valence-corrected chi connectivity index (χ4v) is 4.42. The van der Waals surface area contributed by atoms with Crippen LogP contribution in [0.3, 0.4) is 0 Å². The SMILES string of the molecule is Cc1ccc(C(=O)C2CCN(C(=O)c3csc(COc4ccc(Cl)cc4)n3)CC2)cc1. The molecule has 31 heavy (non-hydrogen) atoms. The first-order valence-corrected chi connectivity index (χ1v) is 11.5. The van der Waals surface area contributed by atoms with Crippen molar-refractivity contribution in [1.29, 1.82) is 0 Å². The highest BCUT2D eigenvalue weighted by molar-refractivity contribution is 7.09. The molecular weight excluding hydrogens is 432 g/mol. The topological polar surface area (TPSA) is 59.5 Å². The van der Waals surface area contributed by atoms with Gasteiger partial charge in [-0.15, -0.1) is 11.3 Å². The number of thiazole rings is 1. The molecule has 0 radical (unpaired) electrons. The number of amides is 1. The summed E-state index contributed by atoms with van der Waals surface area (Å²) < 4.78 is 5.70. The first kappa shape index (κ1) is 21.5. The van der Waals surface area contributed by atoms with Crippen LogP contribution in [0, 0.1) is 12.8 Å². The van der Waals surface area contributed by atoms with Gasteiger partial charge in [0, 0.05) is 35.0 Å². The van der Waals surface area contributed by atoms with Crippen LogP contribution in [0.1, 0.15) is 44.3 Å². The number of carbonyl (C=O) groups is 2. The second-order valence-corrected chi connectivity index (χ2v) is 9.04. The Labute approximate surface area is 190 Å². The molecule has 0 atom stereocenters. The highest BCUT2D eigenvalue weighted by Crippen LogP contribution is 2.24. The minimum Gasteiger partial charge on any atom is -0.486 e. The van der Waals surface area contributed by atoms with E-state index in [0.717, 1.165) is 16.1 Å². The van der Waals surface area contributed by atoms with Gasteiger partial charge in [0.25, 0.3) is 5.91 Å². The smallest absolute Gasteiger partial charge is 0.273 e. The van der Waals surface area contributed by atoms with Crippen LogP contribution in [-0.4, -0.2) is 34.7 Å². The summed E-state index contributed by atoms with van der Waals surface area (Å²) in [6, 6.07) is 14.8. The molecular formula is C24H23ClN2O3S. The van der Waals surface area contributed by atoms with Gasteiger partial charge < -0.3 is 9.64 Å². The highest BCUT2D eigenvalue weighted by atomic mass is 35.5. The Kier molecular flexibility index (Phi) is 6.68. The third-order valence-electron chi connectivity index (χ3n) is 5.44. The predicted octanol–water partition coefficient (Wildman–Crippen LogP) is 5.42. The summed E-state index contributed by atoms with van der Waals surface area (Å²) in [5.41, 5.74) is 2.32. The molecule has 0 aliphatic carbocycles. The lowest BCUT2D eigenvalue weighted by molar-refractivity contribution is 0.0646. The summed E-state index contributed by atoms with van der Waals surface area (Å²) in [4.78, 5) is 31.8. The molecule has 2 aromatic carbocycles. The van der Waals surface area contributed by atoms with Gasteiger partial charge in [-0.3, -0.25) is 9.59 Å². The number of likely N-dealkylation sites (tertiary alicyclic amines) is 1. The Balaban J connectivity index is 1.30. The molecule has 3 aromatic rings. The number of rotatable bonds is 6. The van der Waals surface area contributed by atoms with Crippen LogP contribution < -0.4 is 4.74 Å². The van der Waals surface area contributed by atoms with Gasteiger partial charge in [-0.2, -0.15) is 0 Å². The minimum atomic E-state index is -0.0878. The Morgan fingerprint density at radius 2 is 1.77 bits per heavy atom. The van der Waals surface area contributed by atoms with Crippen molar-refractivity contribution in [1.82, 2.24) is 9.88 Å². The van der Waals surface area contributed by atoms with Gasteiger partial charge >= 0.3 is 0 Å². The van der Waals surface area contributed by atoms with Crippen molar-refractivity contribution in [2.45, 2.75) is 26.4 Å². The van der Waals surface area contributed by atoms with Crippen LogP contribution >= 0.6 is 22.9 Å². The number of carbonyl (C=O) groups excluding carboxylic acids is 2. The molecule has 0 bridgehead atoms. The molecule has 4 rings (SSSR count). The monoisotopic (exact) mass is 454 g/mol. The number of nitrogens with zero attached hydrogens (tertiary/aromatic N) is 2. The summed E-state index contributed by atoms with van der Waals surface area (Å²) in [7, 11) is 0. The summed E-state index contributed by atoms with van der Waals surface area (Å²) in [5.74, 6) is 0.746. The molecule has 1 aliphatic heterocycles. The van der Waals surface area contributed by atoms with Crippen LogP contribution in [0.25, 0.3) is 0 Å². The summed E-state index contributed by atoms with van der Waals surface area (Å²) in [6.45, 7) is 3.43. The van der Waals surface area contributed by atoms with E-state index in [1.165, 1.54) is 11.3 Å². The lowest BCUT2D eigenvalue weighted by atomic mass is 9.88. The Bertz CT molecular complexity index is 1060. The molecule has 1 aliphatic rings. The van der Waals surface area contributed by atoms with Crippen molar-refractivity contribution in [3.05, 3.63) is 80.8 Å². The molecule has 160 valence electrons. The number of hydrogen-bond donors (Lipinski definition) is 0. The predicted molar refractivity (Wildman–Crippen MR) is 122 cm³/mol. The standard InChI is InChI=1S/C24H23ClN2O3S/c1-16-2-4-17(5-3-16)23(28)18-10-12-27(13-11-18)24(29)21-15-31-22(26-21)14-30-20-8-6-19(25)7-9-20/h2-9,15,18H,10-14H2,1H3. The summed E-state index contributed by atoms with van der Waals surface area (Å²) in [6.07, 6.45) is 1.35. The van der Waals surface area contributed by atoms with Crippen LogP contribution in [0.5, 0.6) is 5.75 Å². The van der Waals surface area contributed by atoms with Crippen molar-refractivity contribution in [2.24, 2.45) is 5.92 Å². The molecule has 0 saturated carbocycles. The molecule has 0 unspecified atom stereocenters. The second kappa shape index (κ2) is 9.62. The Morgan fingerprint density at radius 1 is 1.10 bits per heavy atom. The van der Waals surface area contributed by atoms with E-state index in [1.807, 2.05) is 31.2 Å². The number of aromatic nitrogens is 1. The van der Waals surface area contributed by atoms with Crippen LogP contribution in [0.15, 0.2) is 53.9 Å². The van der Waals surface area contributed by atoms with Gasteiger partial charge in [0.2, 0.25) is 0 Å². The zero-order chi connectivity index (χ0) is 21.8. The van der Waals surface area contributed by atoms with Crippen molar-refractivity contribution < 1.29 is 14.3 Å². The van der Waals surface area contributed by atoms with Crippen molar-refractivity contribution >= 4 is 34.6 Å². The lowest BCUT2D eigenvalue weighted by Gasteiger charge is -2.31. The van der Waals surface area contributed by atoms with E-state index in [1.54, 1.807) is 34.5 Å². The molecule has 0 N–H and O–H groups in total. The molecule has 2 heterocycles. The molecule has 0 spiro atoms. The molecule has 5 nitrogen and oxygen atoms in total. The van der Waals surface area contributed by atoms with Gasteiger partial charge in [-0.1, -0.05) is 41.4 Å². The number of halogens is 1. The lowest BCUT2D eigenvalue weighted by Crippen LogP contribution is -2.40. The average Bonchev–Trinajstić information content (AvgIpc) is 3.27. The van der Waals surface area contributed by atoms with E-state index in [9.17, 15) is 9.59 Å². The largest absolute Gasteiger partial charge is 0.486 e. The number of hydrogen-bond acceptors (Lipinski definition) is 5. The number of ether oxygens (including phenoxy) is 1. The highest BCUT2D eigenvalue weighted by Gasteiger charge is 2.29. The fraction of sp³-hybridized carbons (Fsp3) is 0.292. The second-order valence-electron chi connectivity index (χ2n) is 7.67. The minimum absolute atomic E-state index is 0.0365. The Morgan fingerprint density at radius 3 is 2.45 bits per heavy atom. The number of ketones is 1. The van der Waals surface area contributed by atoms with E-state index >= 15 is 0 Å². The van der Waals surface area contributed by atoms with Gasteiger partial charge in [0.1, 0.15) is 23.1 Å². The van der Waals surface area contributed by atoms with Crippen LogP contribution in [-0.2, 0) is 6.61 Å². The fourth-order valence-electron chi connectivity index (χ4n) is 3.61. The van der Waals surface area contributed by atoms with Crippen LogP contribution in [0.2, 0.25) is 5.02 Å². The normalized spacial score (nSPS) is 14.5. The molecule has 7 heteroatoms. The zero-order valence-electron chi connectivity index (χ0n) is 17.2. The Hall–Kier alpha value is -2.70. The summed E-state index contributed by atoms with van der Waals surface area (Å²) in [5, 5.41) is 3.16. The van der Waals surface area contributed by atoms with E-state index < -0.39 is 0 Å². The molecule has 1 amide bonds. The van der Waals surface area contributed by atoms with Gasteiger partial charge in [-0.05, 0) is 44.0 Å². The van der Waals surface area contributed by atoms with E-state index in [4.69, 9.17) is 16.3 Å². The maximum absolute atomic E-state index is 12.8. The number of aryl methyl sites for hydroxylation is 1. The van der Waals surface area contributed by atoms with Crippen molar-refractivity contribution in [3.8, 4) is 5.75 Å². The first-order chi connectivity index (χ1) is 15.0. The number of benzene rings is 2. The van der Waals surface area contributed by atoms with Gasteiger partial charge in [-0.25, -0.2) is 4.98 Å². The van der Waals surface area contributed by atoms with Crippen LogP contribution in [0.4, 0.5) is 0 Å². The quantitative estimate of drug-likeness (QED) is 0.466. The van der Waals surface area contributed by atoms with E-state index in [-0.39, 0.29) is 17.6 Å². The molecule has 1 fully saturated rings. The third-order valence-corrected chi connectivity index (χ3v) is 6.51. The molecule has 1 saturated heterocycles.